The second kappa shape index (κ2) is 6.52. The maximum Gasteiger partial charge on any atom is 0.323 e. The Morgan fingerprint density at radius 3 is 2.88 bits per heavy atom. The maximum atomic E-state index is 12.3. The van der Waals surface area contributed by atoms with E-state index in [1.807, 2.05) is 47.8 Å². The van der Waals surface area contributed by atoms with Crippen LogP contribution in [0.2, 0.25) is 0 Å². The van der Waals surface area contributed by atoms with Crippen LogP contribution < -0.4 is 15.5 Å². The predicted molar refractivity (Wildman–Crippen MR) is 99.1 cm³/mol. The highest BCUT2D eigenvalue weighted by Gasteiger charge is 2.24. The molecule has 126 valence electrons. The van der Waals surface area contributed by atoms with E-state index in [1.165, 1.54) is 11.3 Å². The fraction of sp³-hybridized carbons (Fsp3) is 0.167. The lowest BCUT2D eigenvalue weighted by Crippen LogP contribution is -2.27. The average molecular weight is 352 g/mol. The molecule has 0 spiro atoms. The van der Waals surface area contributed by atoms with Gasteiger partial charge >= 0.3 is 6.03 Å². The Morgan fingerprint density at radius 1 is 1.24 bits per heavy atom. The smallest absolute Gasteiger partial charge is 0.323 e. The average Bonchev–Trinajstić information content (AvgIpc) is 3.23. The van der Waals surface area contributed by atoms with Crippen molar-refractivity contribution in [3.63, 3.8) is 0 Å². The number of benzene rings is 2. The molecule has 0 atom stereocenters. The van der Waals surface area contributed by atoms with Crippen molar-refractivity contribution in [1.82, 2.24) is 10.3 Å². The van der Waals surface area contributed by atoms with Crippen molar-refractivity contribution in [3.05, 3.63) is 53.5 Å². The highest BCUT2D eigenvalue weighted by molar-refractivity contribution is 7.14. The van der Waals surface area contributed by atoms with Crippen molar-refractivity contribution in [2.24, 2.45) is 0 Å². The molecule has 1 saturated heterocycles. The number of hydrogen-bond donors (Lipinski definition) is 2. The Labute approximate surface area is 148 Å². The van der Waals surface area contributed by atoms with Gasteiger partial charge in [0.05, 0.1) is 12.1 Å². The molecule has 2 aromatic carbocycles. The number of rotatable bonds is 4. The lowest BCUT2D eigenvalue weighted by atomic mass is 10.1. The number of nitrogens with one attached hydrogen (secondary N) is 2. The maximum absolute atomic E-state index is 12.3. The van der Waals surface area contributed by atoms with Crippen molar-refractivity contribution in [1.29, 1.82) is 0 Å². The Hall–Kier alpha value is -2.93. The zero-order valence-corrected chi connectivity index (χ0v) is 14.2. The Morgan fingerprint density at radius 2 is 2.08 bits per heavy atom. The number of thiazole rings is 1. The minimum Gasteiger partial charge on any atom is -0.336 e. The van der Waals surface area contributed by atoms with Gasteiger partial charge < -0.3 is 10.6 Å². The van der Waals surface area contributed by atoms with Gasteiger partial charge in [0.25, 0.3) is 0 Å². The summed E-state index contributed by atoms with van der Waals surface area (Å²) < 4.78 is 0. The van der Waals surface area contributed by atoms with Crippen molar-refractivity contribution < 1.29 is 9.59 Å². The van der Waals surface area contributed by atoms with Gasteiger partial charge in [-0.15, -0.1) is 11.3 Å². The largest absolute Gasteiger partial charge is 0.336 e. The number of amides is 3. The first-order valence-electron chi connectivity index (χ1n) is 7.97. The molecule has 7 heteroatoms. The summed E-state index contributed by atoms with van der Waals surface area (Å²) in [6.07, 6.45) is 0.179. The third-order valence-electron chi connectivity index (χ3n) is 4.00. The summed E-state index contributed by atoms with van der Waals surface area (Å²) in [5.74, 6) is -0.127. The topological polar surface area (TPSA) is 74.3 Å². The highest BCUT2D eigenvalue weighted by atomic mass is 32.1. The zero-order valence-electron chi connectivity index (χ0n) is 13.4. The molecule has 25 heavy (non-hydrogen) atoms. The van der Waals surface area contributed by atoms with E-state index in [-0.39, 0.29) is 18.4 Å². The minimum atomic E-state index is -0.137. The molecule has 2 N–H and O–H groups in total. The van der Waals surface area contributed by atoms with Crippen molar-refractivity contribution >= 4 is 44.9 Å². The second-order valence-electron chi connectivity index (χ2n) is 5.79. The lowest BCUT2D eigenvalue weighted by Gasteiger charge is -2.08. The molecular weight excluding hydrogens is 336 g/mol. The first-order valence-corrected chi connectivity index (χ1v) is 8.85. The van der Waals surface area contributed by atoms with Crippen LogP contribution in [-0.2, 0) is 11.2 Å². The highest BCUT2D eigenvalue weighted by Crippen LogP contribution is 2.23. The van der Waals surface area contributed by atoms with Crippen LogP contribution in [0.25, 0.3) is 10.8 Å². The first-order chi connectivity index (χ1) is 12.2. The summed E-state index contributed by atoms with van der Waals surface area (Å²) in [7, 11) is 0. The van der Waals surface area contributed by atoms with Gasteiger partial charge in [-0.1, -0.05) is 30.3 Å². The Balaban J connectivity index is 1.43. The van der Waals surface area contributed by atoms with Crippen LogP contribution in [0.1, 0.15) is 5.69 Å². The summed E-state index contributed by atoms with van der Waals surface area (Å²) >= 11 is 1.37. The second-order valence-corrected chi connectivity index (χ2v) is 6.63. The standard InChI is InChI=1S/C18H16N4O2S/c23-16(20-14-6-5-12-3-1-2-4-13(12)9-14)10-15-11-25-18(21-15)22-8-7-19-17(22)24/h1-6,9,11H,7-8,10H2,(H,19,24)(H,20,23). The predicted octanol–water partition coefficient (Wildman–Crippen LogP) is 3.01. The van der Waals surface area contributed by atoms with Crippen LogP contribution in [0, 0.1) is 0 Å². The van der Waals surface area contributed by atoms with Crippen molar-refractivity contribution in [3.8, 4) is 0 Å². The summed E-state index contributed by atoms with van der Waals surface area (Å²) in [6, 6.07) is 13.7. The van der Waals surface area contributed by atoms with Gasteiger partial charge in [0.15, 0.2) is 5.13 Å². The van der Waals surface area contributed by atoms with Crippen molar-refractivity contribution in [2.75, 3.05) is 23.3 Å². The Bertz CT molecular complexity index is 953. The molecule has 2 heterocycles. The zero-order chi connectivity index (χ0) is 17.2. The molecule has 0 aliphatic carbocycles. The molecule has 1 fully saturated rings. The number of urea groups is 1. The summed E-state index contributed by atoms with van der Waals surface area (Å²) in [6.45, 7) is 1.23. The van der Waals surface area contributed by atoms with Gasteiger partial charge in [-0.05, 0) is 22.9 Å². The monoisotopic (exact) mass is 352 g/mol. The fourth-order valence-electron chi connectivity index (χ4n) is 2.79. The van der Waals surface area contributed by atoms with Crippen molar-refractivity contribution in [2.45, 2.75) is 6.42 Å². The number of hydrogen-bond acceptors (Lipinski definition) is 4. The SMILES string of the molecule is O=C(Cc1csc(N2CCNC2=O)n1)Nc1ccc2ccccc2c1. The van der Waals surface area contributed by atoms with E-state index in [1.54, 1.807) is 4.90 Å². The van der Waals surface area contributed by atoms with Crippen LogP contribution >= 0.6 is 11.3 Å². The van der Waals surface area contributed by atoms with Crippen LogP contribution in [0.3, 0.4) is 0 Å². The van der Waals surface area contributed by atoms with E-state index in [0.29, 0.717) is 23.9 Å². The summed E-state index contributed by atoms with van der Waals surface area (Å²) in [4.78, 5) is 29.9. The van der Waals surface area contributed by atoms with E-state index >= 15 is 0 Å². The minimum absolute atomic E-state index is 0.127. The molecule has 1 aliphatic heterocycles. The molecule has 0 saturated carbocycles. The van der Waals surface area contributed by atoms with Gasteiger partial charge in [-0.25, -0.2) is 9.78 Å². The first kappa shape index (κ1) is 15.6. The van der Waals surface area contributed by atoms with Gasteiger partial charge in [0, 0.05) is 24.2 Å². The number of carbonyl (C=O) groups excluding carboxylic acids is 2. The van der Waals surface area contributed by atoms with Gasteiger partial charge in [0.1, 0.15) is 0 Å². The van der Waals surface area contributed by atoms with E-state index in [9.17, 15) is 9.59 Å². The number of nitrogens with zero attached hydrogens (tertiary/aromatic N) is 2. The normalized spacial score (nSPS) is 13.9. The molecule has 3 aromatic rings. The lowest BCUT2D eigenvalue weighted by molar-refractivity contribution is -0.115. The fourth-order valence-corrected chi connectivity index (χ4v) is 3.64. The molecule has 3 amide bonds. The van der Waals surface area contributed by atoms with Gasteiger partial charge in [-0.3, -0.25) is 9.69 Å². The van der Waals surface area contributed by atoms with Crippen LogP contribution in [0.4, 0.5) is 15.6 Å². The van der Waals surface area contributed by atoms with Crippen LogP contribution in [0.15, 0.2) is 47.8 Å². The third-order valence-corrected chi connectivity index (χ3v) is 4.91. The Kier molecular flexibility index (Phi) is 4.07. The third kappa shape index (κ3) is 3.32. The molecule has 4 rings (SSSR count). The van der Waals surface area contributed by atoms with Crippen LogP contribution in [-0.4, -0.2) is 30.0 Å². The quantitative estimate of drug-likeness (QED) is 0.758. The van der Waals surface area contributed by atoms with E-state index < -0.39 is 0 Å². The molecule has 0 unspecified atom stereocenters. The number of aromatic nitrogens is 1. The summed E-state index contributed by atoms with van der Waals surface area (Å²) in [5, 5.41) is 10.3. The number of anilines is 2. The van der Waals surface area contributed by atoms with E-state index in [4.69, 9.17) is 0 Å². The molecule has 0 radical (unpaired) electrons. The number of carbonyl (C=O) groups is 2. The molecular formula is C18H16N4O2S. The van der Waals surface area contributed by atoms with Gasteiger partial charge in [0.2, 0.25) is 5.91 Å². The van der Waals surface area contributed by atoms with Crippen LogP contribution in [0.5, 0.6) is 0 Å². The number of fused-ring (bicyclic) bond motifs is 1. The molecule has 0 bridgehead atoms. The summed E-state index contributed by atoms with van der Waals surface area (Å²) in [5.41, 5.74) is 1.43. The molecule has 6 nitrogen and oxygen atoms in total. The van der Waals surface area contributed by atoms with E-state index in [2.05, 4.69) is 15.6 Å². The molecule has 1 aliphatic rings. The van der Waals surface area contributed by atoms with Gasteiger partial charge in [-0.2, -0.15) is 0 Å². The molecule has 1 aromatic heterocycles. The van der Waals surface area contributed by atoms with E-state index in [0.717, 1.165) is 16.5 Å².